The highest BCUT2D eigenvalue weighted by atomic mass is 32.1. The molecule has 0 aliphatic heterocycles. The smallest absolute Gasteiger partial charge is 0.325 e. The Balaban J connectivity index is 2.13. The van der Waals surface area contributed by atoms with Crippen LogP contribution in [0.4, 0.5) is 8.78 Å². The first-order valence-electron chi connectivity index (χ1n) is 9.16. The summed E-state index contributed by atoms with van der Waals surface area (Å²) in [7, 11) is 1.26. The van der Waals surface area contributed by atoms with Gasteiger partial charge < -0.3 is 9.30 Å². The van der Waals surface area contributed by atoms with Crippen LogP contribution in [-0.2, 0) is 22.5 Å². The molecule has 0 aliphatic carbocycles. The Hall–Kier alpha value is -2.87. The molecular weight excluding hydrogens is 398 g/mol. The molecule has 0 bridgehead atoms. The summed E-state index contributed by atoms with van der Waals surface area (Å²) >= 11 is 1.18. The van der Waals surface area contributed by atoms with E-state index in [4.69, 9.17) is 4.74 Å². The Morgan fingerprint density at radius 2 is 1.90 bits per heavy atom. The van der Waals surface area contributed by atoms with Crippen LogP contribution < -0.4 is 4.80 Å². The van der Waals surface area contributed by atoms with Crippen molar-refractivity contribution in [3.05, 3.63) is 64.0 Å². The van der Waals surface area contributed by atoms with Crippen molar-refractivity contribution in [2.45, 2.75) is 32.7 Å². The molecule has 0 fully saturated rings. The quantitative estimate of drug-likeness (QED) is 0.563. The largest absolute Gasteiger partial charge is 0.468 e. The van der Waals surface area contributed by atoms with Crippen molar-refractivity contribution in [1.29, 1.82) is 0 Å². The van der Waals surface area contributed by atoms with Crippen molar-refractivity contribution < 1.29 is 23.1 Å². The lowest BCUT2D eigenvalue weighted by Crippen LogP contribution is -2.22. The second-order valence-electron chi connectivity index (χ2n) is 6.47. The topological polar surface area (TPSA) is 60.7 Å². The molecular formula is C21H20F2N2O3S. The van der Waals surface area contributed by atoms with E-state index in [1.54, 1.807) is 0 Å². The van der Waals surface area contributed by atoms with E-state index in [9.17, 15) is 18.4 Å². The van der Waals surface area contributed by atoms with E-state index < -0.39 is 29.1 Å². The molecule has 0 saturated heterocycles. The number of fused-ring (bicyclic) bond motifs is 1. The first-order chi connectivity index (χ1) is 13.9. The maximum absolute atomic E-state index is 13.9. The molecule has 0 N–H and O–H groups in total. The lowest BCUT2D eigenvalue weighted by atomic mass is 10.1. The zero-order valence-corrected chi connectivity index (χ0v) is 16.9. The van der Waals surface area contributed by atoms with Crippen LogP contribution in [-0.4, -0.2) is 23.6 Å². The van der Waals surface area contributed by atoms with Crippen molar-refractivity contribution in [1.82, 2.24) is 4.57 Å². The Labute approximate surface area is 170 Å². The number of amides is 1. The highest BCUT2D eigenvalue weighted by Crippen LogP contribution is 2.21. The number of esters is 1. The third-order valence-corrected chi connectivity index (χ3v) is 5.50. The zero-order chi connectivity index (χ0) is 21.0. The zero-order valence-electron chi connectivity index (χ0n) is 16.1. The van der Waals surface area contributed by atoms with Gasteiger partial charge in [0.1, 0.15) is 23.7 Å². The molecule has 5 nitrogen and oxygen atoms in total. The van der Waals surface area contributed by atoms with Crippen molar-refractivity contribution >= 4 is 33.4 Å². The van der Waals surface area contributed by atoms with Crippen molar-refractivity contribution in [3.63, 3.8) is 0 Å². The fourth-order valence-electron chi connectivity index (χ4n) is 2.93. The number of thiazole rings is 1. The van der Waals surface area contributed by atoms with Crippen LogP contribution in [0.1, 0.15) is 35.7 Å². The molecule has 0 spiro atoms. The first kappa shape index (κ1) is 20.9. The van der Waals surface area contributed by atoms with E-state index in [1.807, 2.05) is 18.2 Å². The molecule has 0 aliphatic rings. The van der Waals surface area contributed by atoms with E-state index in [0.717, 1.165) is 41.7 Å². The SMILES string of the molecule is CCCCc1ccc2c(c1)sc(=NC(=O)c1c(F)cccc1F)n2CC(=O)OC. The number of aromatic nitrogens is 1. The van der Waals surface area contributed by atoms with Crippen molar-refractivity contribution in [2.75, 3.05) is 7.11 Å². The minimum Gasteiger partial charge on any atom is -0.468 e. The number of aryl methyl sites for hydroxylation is 1. The number of benzene rings is 2. The van der Waals surface area contributed by atoms with Crippen molar-refractivity contribution in [3.8, 4) is 0 Å². The molecule has 3 aromatic rings. The number of methoxy groups -OCH3 is 1. The van der Waals surface area contributed by atoms with Gasteiger partial charge in [0.2, 0.25) is 0 Å². The van der Waals surface area contributed by atoms with Crippen LogP contribution in [0.5, 0.6) is 0 Å². The maximum atomic E-state index is 13.9. The summed E-state index contributed by atoms with van der Waals surface area (Å²) in [4.78, 5) is 28.4. The summed E-state index contributed by atoms with van der Waals surface area (Å²) in [5.41, 5.74) is 1.10. The summed E-state index contributed by atoms with van der Waals surface area (Å²) in [6.07, 6.45) is 3.02. The summed E-state index contributed by atoms with van der Waals surface area (Å²) in [5.74, 6) is -3.54. The van der Waals surface area contributed by atoms with Gasteiger partial charge in [-0.15, -0.1) is 0 Å². The normalized spacial score (nSPS) is 11.8. The van der Waals surface area contributed by atoms with Gasteiger partial charge in [0.15, 0.2) is 4.80 Å². The molecule has 2 aromatic carbocycles. The summed E-state index contributed by atoms with van der Waals surface area (Å²) < 4.78 is 35.0. The fourth-order valence-corrected chi connectivity index (χ4v) is 4.02. The van der Waals surface area contributed by atoms with Crippen molar-refractivity contribution in [2.24, 2.45) is 4.99 Å². The lowest BCUT2D eigenvalue weighted by molar-refractivity contribution is -0.141. The molecule has 1 amide bonds. The number of nitrogens with zero attached hydrogens (tertiary/aromatic N) is 2. The first-order valence-corrected chi connectivity index (χ1v) is 9.98. The standard InChI is InChI=1S/C21H20F2N2O3S/c1-3-4-6-13-9-10-16-17(11-13)29-21(25(16)12-18(26)28-2)24-20(27)19-14(22)7-5-8-15(19)23/h5,7-11H,3-4,6,12H2,1-2H3. The van der Waals surface area contributed by atoms with E-state index in [0.29, 0.717) is 5.52 Å². The Morgan fingerprint density at radius 3 is 2.55 bits per heavy atom. The molecule has 152 valence electrons. The summed E-state index contributed by atoms with van der Waals surface area (Å²) in [6.45, 7) is 1.94. The molecule has 3 rings (SSSR count). The number of carbonyl (C=O) groups excluding carboxylic acids is 2. The van der Waals surface area contributed by atoms with Crippen LogP contribution in [0, 0.1) is 11.6 Å². The summed E-state index contributed by atoms with van der Waals surface area (Å²) in [6, 6.07) is 8.97. The van der Waals surface area contributed by atoms with Gasteiger partial charge in [-0.1, -0.05) is 36.8 Å². The minimum absolute atomic E-state index is 0.170. The molecule has 0 radical (unpaired) electrons. The second-order valence-corrected chi connectivity index (χ2v) is 7.48. The van der Waals surface area contributed by atoms with E-state index in [1.165, 1.54) is 29.1 Å². The van der Waals surface area contributed by atoms with E-state index in [2.05, 4.69) is 11.9 Å². The fraction of sp³-hybridized carbons (Fsp3) is 0.286. The maximum Gasteiger partial charge on any atom is 0.325 e. The van der Waals surface area contributed by atoms with E-state index >= 15 is 0 Å². The number of hydrogen-bond donors (Lipinski definition) is 0. The molecule has 1 aromatic heterocycles. The van der Waals surface area contributed by atoms with Gasteiger partial charge in [-0.05, 0) is 42.7 Å². The highest BCUT2D eigenvalue weighted by Gasteiger charge is 2.18. The monoisotopic (exact) mass is 418 g/mol. The predicted octanol–water partition coefficient (Wildman–Crippen LogP) is 4.24. The Morgan fingerprint density at radius 1 is 1.17 bits per heavy atom. The van der Waals surface area contributed by atoms with Gasteiger partial charge in [0.05, 0.1) is 17.3 Å². The van der Waals surface area contributed by atoms with E-state index in [-0.39, 0.29) is 11.3 Å². The molecule has 0 saturated carbocycles. The van der Waals surface area contributed by atoms with Crippen LogP contribution in [0.15, 0.2) is 41.4 Å². The number of halogens is 2. The highest BCUT2D eigenvalue weighted by molar-refractivity contribution is 7.16. The number of ether oxygens (including phenoxy) is 1. The third kappa shape index (κ3) is 4.59. The Kier molecular flexibility index (Phi) is 6.53. The molecule has 0 atom stereocenters. The molecule has 1 heterocycles. The van der Waals surface area contributed by atoms with Crippen LogP contribution in [0.3, 0.4) is 0 Å². The predicted molar refractivity (Wildman–Crippen MR) is 107 cm³/mol. The van der Waals surface area contributed by atoms with Gasteiger partial charge >= 0.3 is 5.97 Å². The van der Waals surface area contributed by atoms with Gasteiger partial charge in [0.25, 0.3) is 5.91 Å². The third-order valence-electron chi connectivity index (χ3n) is 4.45. The molecule has 0 unspecified atom stereocenters. The van der Waals surface area contributed by atoms with Gasteiger partial charge in [0, 0.05) is 0 Å². The minimum atomic E-state index is -1.04. The summed E-state index contributed by atoms with van der Waals surface area (Å²) in [5, 5.41) is 0. The second kappa shape index (κ2) is 9.09. The van der Waals surface area contributed by atoms with Crippen LogP contribution in [0.25, 0.3) is 10.2 Å². The average molecular weight is 418 g/mol. The van der Waals surface area contributed by atoms with Gasteiger partial charge in [-0.25, -0.2) is 8.78 Å². The Bertz CT molecular complexity index is 1110. The van der Waals surface area contributed by atoms with Gasteiger partial charge in [-0.3, -0.25) is 9.59 Å². The van der Waals surface area contributed by atoms with Crippen LogP contribution >= 0.6 is 11.3 Å². The molecule has 8 heteroatoms. The lowest BCUT2D eigenvalue weighted by Gasteiger charge is -2.05. The van der Waals surface area contributed by atoms with Gasteiger partial charge in [-0.2, -0.15) is 4.99 Å². The average Bonchev–Trinajstić information content (AvgIpc) is 3.02. The number of rotatable bonds is 6. The number of unbranched alkanes of at least 4 members (excludes halogenated alkanes) is 1. The number of hydrogen-bond acceptors (Lipinski definition) is 4. The molecule has 29 heavy (non-hydrogen) atoms. The number of carbonyl (C=O) groups is 2. The van der Waals surface area contributed by atoms with Crippen LogP contribution in [0.2, 0.25) is 0 Å².